The van der Waals surface area contributed by atoms with Crippen molar-refractivity contribution in [1.29, 1.82) is 0 Å². The third-order valence-corrected chi connectivity index (χ3v) is 10.2. The summed E-state index contributed by atoms with van der Waals surface area (Å²) < 4.78 is 27.8. The van der Waals surface area contributed by atoms with Crippen LogP contribution in [0, 0.1) is 28.6 Å². The van der Waals surface area contributed by atoms with E-state index in [1.54, 1.807) is 7.11 Å². The van der Waals surface area contributed by atoms with E-state index in [9.17, 15) is 14.4 Å². The molecule has 0 saturated heterocycles. The summed E-state index contributed by atoms with van der Waals surface area (Å²) >= 11 is 0. The Kier molecular flexibility index (Phi) is 8.51. The van der Waals surface area contributed by atoms with Gasteiger partial charge in [-0.1, -0.05) is 25.5 Å². The summed E-state index contributed by atoms with van der Waals surface area (Å²) in [5.74, 6) is 0.475. The van der Waals surface area contributed by atoms with Crippen LogP contribution >= 0.6 is 0 Å². The molecule has 0 aromatic carbocycles. The van der Waals surface area contributed by atoms with Crippen molar-refractivity contribution in [1.82, 2.24) is 0 Å². The van der Waals surface area contributed by atoms with Crippen LogP contribution in [0.15, 0.2) is 11.6 Å². The summed E-state index contributed by atoms with van der Waals surface area (Å²) in [4.78, 5) is 36.7. The second kappa shape index (κ2) is 11.1. The van der Waals surface area contributed by atoms with Gasteiger partial charge in [0.05, 0.1) is 13.2 Å². The van der Waals surface area contributed by atoms with E-state index in [1.165, 1.54) is 19.4 Å². The number of fused-ring (bicyclic) bond motifs is 5. The van der Waals surface area contributed by atoms with Crippen molar-refractivity contribution in [2.75, 3.05) is 33.7 Å². The third kappa shape index (κ3) is 5.13. The Morgan fingerprint density at radius 1 is 0.973 bits per heavy atom. The average molecular weight is 521 g/mol. The largest absolute Gasteiger partial charge is 0.462 e. The lowest BCUT2D eigenvalue weighted by atomic mass is 9.46. The first-order valence-electron chi connectivity index (χ1n) is 13.8. The van der Waals surface area contributed by atoms with Crippen molar-refractivity contribution in [2.24, 2.45) is 28.6 Å². The van der Waals surface area contributed by atoms with Gasteiger partial charge >= 0.3 is 11.9 Å². The highest BCUT2D eigenvalue weighted by Crippen LogP contribution is 2.68. The number of carbonyl (C=O) groups excluding carboxylic acids is 3. The maximum Gasteiger partial charge on any atom is 0.303 e. The van der Waals surface area contributed by atoms with Crippen LogP contribution in [0.5, 0.6) is 0 Å². The molecule has 8 heteroatoms. The minimum Gasteiger partial charge on any atom is -0.462 e. The van der Waals surface area contributed by atoms with Gasteiger partial charge in [-0.15, -0.1) is 0 Å². The number of rotatable bonds is 10. The molecule has 37 heavy (non-hydrogen) atoms. The SMILES string of the molecule is COCCOCO[C@]1(C(=O)COC(C)=O)CC[C@H]2[C@@H]3CC=C4CC(OC(C)=O)CC[C@]4(C)[C@H]3CC[C@@]21C. The van der Waals surface area contributed by atoms with Gasteiger partial charge in [0.15, 0.2) is 6.61 Å². The molecule has 208 valence electrons. The summed E-state index contributed by atoms with van der Waals surface area (Å²) in [6.45, 7) is 7.98. The lowest BCUT2D eigenvalue weighted by Gasteiger charge is -2.59. The minimum atomic E-state index is -1.04. The van der Waals surface area contributed by atoms with Crippen molar-refractivity contribution in [3.05, 3.63) is 11.6 Å². The molecular formula is C29H44O8. The Hall–Kier alpha value is -1.77. The van der Waals surface area contributed by atoms with Crippen LogP contribution in [0.25, 0.3) is 0 Å². The molecule has 0 aliphatic heterocycles. The molecule has 8 nitrogen and oxygen atoms in total. The smallest absolute Gasteiger partial charge is 0.303 e. The first kappa shape index (κ1) is 28.2. The third-order valence-electron chi connectivity index (χ3n) is 10.2. The van der Waals surface area contributed by atoms with Gasteiger partial charge in [0.2, 0.25) is 5.78 Å². The van der Waals surface area contributed by atoms with Crippen LogP contribution in [-0.2, 0) is 38.1 Å². The van der Waals surface area contributed by atoms with E-state index >= 15 is 0 Å². The van der Waals surface area contributed by atoms with Crippen molar-refractivity contribution >= 4 is 17.7 Å². The fourth-order valence-electron chi connectivity index (χ4n) is 8.36. The highest BCUT2D eigenvalue weighted by atomic mass is 16.7. The van der Waals surface area contributed by atoms with E-state index < -0.39 is 11.6 Å². The highest BCUT2D eigenvalue weighted by molar-refractivity contribution is 5.91. The first-order chi connectivity index (χ1) is 17.6. The molecule has 4 aliphatic carbocycles. The van der Waals surface area contributed by atoms with E-state index in [4.69, 9.17) is 23.7 Å². The van der Waals surface area contributed by atoms with Gasteiger partial charge in [-0.05, 0) is 68.1 Å². The summed E-state index contributed by atoms with van der Waals surface area (Å²) in [6.07, 6.45) is 9.48. The Balaban J connectivity index is 1.56. The summed E-state index contributed by atoms with van der Waals surface area (Å²) in [5, 5.41) is 0. The minimum absolute atomic E-state index is 0.00484. The zero-order valence-electron chi connectivity index (χ0n) is 23.1. The standard InChI is InChI=1S/C29H44O8/c1-19(30)35-17-26(32)29(36-18-34-15-14-33-5)13-10-25-23-7-6-21-16-22(37-20(2)31)8-11-27(21,3)24(23)9-12-28(25,29)4/h6,22-25H,7-18H2,1-5H3/t22?,23-,24+,25+,27+,28+,29+/m1/s1. The molecule has 0 spiro atoms. The fraction of sp³-hybridized carbons (Fsp3) is 0.828. The second-order valence-electron chi connectivity index (χ2n) is 11.9. The van der Waals surface area contributed by atoms with E-state index in [0.717, 1.165) is 44.9 Å². The molecule has 0 amide bonds. The first-order valence-corrected chi connectivity index (χ1v) is 13.8. The predicted molar refractivity (Wildman–Crippen MR) is 135 cm³/mol. The van der Waals surface area contributed by atoms with Crippen LogP contribution in [0.2, 0.25) is 0 Å². The Morgan fingerprint density at radius 2 is 1.73 bits per heavy atom. The maximum atomic E-state index is 13.7. The van der Waals surface area contributed by atoms with Crippen molar-refractivity contribution in [2.45, 2.75) is 90.8 Å². The molecule has 0 heterocycles. The topological polar surface area (TPSA) is 97.4 Å². The molecule has 3 saturated carbocycles. The maximum absolute atomic E-state index is 13.7. The zero-order valence-corrected chi connectivity index (χ0v) is 23.1. The molecular weight excluding hydrogens is 476 g/mol. The van der Waals surface area contributed by atoms with Crippen LogP contribution < -0.4 is 0 Å². The van der Waals surface area contributed by atoms with E-state index in [-0.39, 0.29) is 42.1 Å². The molecule has 4 rings (SSSR count). The number of methoxy groups -OCH3 is 1. The highest BCUT2D eigenvalue weighted by Gasteiger charge is 2.67. The molecule has 4 aliphatic rings. The Labute approximate surface area is 220 Å². The van der Waals surface area contributed by atoms with Crippen molar-refractivity contribution in [3.8, 4) is 0 Å². The fourth-order valence-corrected chi connectivity index (χ4v) is 8.36. The summed E-state index contributed by atoms with van der Waals surface area (Å²) in [6, 6.07) is 0. The molecule has 0 aromatic rings. The van der Waals surface area contributed by atoms with Crippen LogP contribution in [0.1, 0.15) is 79.1 Å². The number of ketones is 1. The van der Waals surface area contributed by atoms with Gasteiger partial charge in [-0.25, -0.2) is 0 Å². The lowest BCUT2D eigenvalue weighted by molar-refractivity contribution is -0.209. The molecule has 0 N–H and O–H groups in total. The lowest BCUT2D eigenvalue weighted by Crippen LogP contribution is -2.59. The van der Waals surface area contributed by atoms with Gasteiger partial charge in [0.25, 0.3) is 0 Å². The normalized spacial score (nSPS) is 38.6. The van der Waals surface area contributed by atoms with Gasteiger partial charge < -0.3 is 23.7 Å². The van der Waals surface area contributed by atoms with Crippen LogP contribution in [-0.4, -0.2) is 63.2 Å². The van der Waals surface area contributed by atoms with Crippen LogP contribution in [0.3, 0.4) is 0 Å². The number of ether oxygens (including phenoxy) is 5. The molecule has 0 aromatic heterocycles. The number of carbonyl (C=O) groups is 3. The van der Waals surface area contributed by atoms with E-state index in [1.807, 2.05) is 0 Å². The summed E-state index contributed by atoms with van der Waals surface area (Å²) in [7, 11) is 1.61. The van der Waals surface area contributed by atoms with Crippen LogP contribution in [0.4, 0.5) is 0 Å². The average Bonchev–Trinajstić information content (AvgIpc) is 3.15. The van der Waals surface area contributed by atoms with Gasteiger partial charge in [-0.2, -0.15) is 0 Å². The van der Waals surface area contributed by atoms with Gasteiger partial charge in [0.1, 0.15) is 18.5 Å². The Bertz CT molecular complexity index is 914. The molecule has 1 unspecified atom stereocenters. The number of hydrogen-bond acceptors (Lipinski definition) is 8. The van der Waals surface area contributed by atoms with Gasteiger partial charge in [0, 0.05) is 32.8 Å². The molecule has 0 bridgehead atoms. The second-order valence-corrected chi connectivity index (χ2v) is 11.9. The Morgan fingerprint density at radius 3 is 2.43 bits per heavy atom. The zero-order chi connectivity index (χ0) is 26.8. The number of esters is 2. The monoisotopic (exact) mass is 520 g/mol. The van der Waals surface area contributed by atoms with Crippen molar-refractivity contribution < 1.29 is 38.1 Å². The number of allylic oxidation sites excluding steroid dienone is 1. The summed E-state index contributed by atoms with van der Waals surface area (Å²) in [5.41, 5.74) is 0.126. The number of hydrogen-bond donors (Lipinski definition) is 0. The van der Waals surface area contributed by atoms with Crippen molar-refractivity contribution in [3.63, 3.8) is 0 Å². The molecule has 0 radical (unpaired) electrons. The number of Topliss-reactive ketones (excluding diaryl/α,β-unsaturated/α-hetero) is 1. The quantitative estimate of drug-likeness (QED) is 0.181. The molecule has 3 fully saturated rings. The van der Waals surface area contributed by atoms with Gasteiger partial charge in [-0.3, -0.25) is 14.4 Å². The van der Waals surface area contributed by atoms with E-state index in [2.05, 4.69) is 19.9 Å². The predicted octanol–water partition coefficient (Wildman–Crippen LogP) is 4.39. The van der Waals surface area contributed by atoms with E-state index in [0.29, 0.717) is 37.4 Å². The molecule has 7 atom stereocenters.